The molecule has 2 rings (SSSR count). The van der Waals surface area contributed by atoms with Gasteiger partial charge in [-0.15, -0.1) is 0 Å². The fourth-order valence-electron chi connectivity index (χ4n) is 2.15. The SMILES string of the molecule is CCOC(=O)c1nn(Cc2c(F)cccc2F)c(Cl)c1CCN. The Morgan fingerprint density at radius 3 is 2.57 bits per heavy atom. The normalized spacial score (nSPS) is 10.8. The van der Waals surface area contributed by atoms with E-state index < -0.39 is 17.6 Å². The van der Waals surface area contributed by atoms with Crippen LogP contribution in [0.4, 0.5) is 8.78 Å². The van der Waals surface area contributed by atoms with Crippen LogP contribution in [-0.4, -0.2) is 28.9 Å². The summed E-state index contributed by atoms with van der Waals surface area (Å²) in [5.41, 5.74) is 5.75. The smallest absolute Gasteiger partial charge is 0.359 e. The second-order valence-corrected chi connectivity index (χ2v) is 5.09. The average molecular weight is 344 g/mol. The van der Waals surface area contributed by atoms with Gasteiger partial charge in [0.2, 0.25) is 0 Å². The van der Waals surface area contributed by atoms with Crippen molar-refractivity contribution in [3.05, 3.63) is 51.8 Å². The molecule has 0 aliphatic carbocycles. The van der Waals surface area contributed by atoms with Crippen molar-refractivity contribution in [2.75, 3.05) is 13.2 Å². The van der Waals surface area contributed by atoms with Crippen LogP contribution in [0.3, 0.4) is 0 Å². The predicted molar refractivity (Wildman–Crippen MR) is 81.4 cm³/mol. The highest BCUT2D eigenvalue weighted by molar-refractivity contribution is 6.30. The molecular weight excluding hydrogens is 328 g/mol. The third-order valence-electron chi connectivity index (χ3n) is 3.21. The summed E-state index contributed by atoms with van der Waals surface area (Å²) >= 11 is 6.20. The fraction of sp³-hybridized carbons (Fsp3) is 0.333. The Balaban J connectivity index is 2.43. The molecule has 0 aliphatic rings. The molecule has 1 aromatic heterocycles. The lowest BCUT2D eigenvalue weighted by Crippen LogP contribution is -2.11. The highest BCUT2D eigenvalue weighted by atomic mass is 35.5. The first kappa shape index (κ1) is 17.4. The Morgan fingerprint density at radius 1 is 1.35 bits per heavy atom. The zero-order chi connectivity index (χ0) is 17.0. The molecule has 0 spiro atoms. The predicted octanol–water partition coefficient (Wildman–Crippen LogP) is 2.54. The van der Waals surface area contributed by atoms with E-state index in [0.717, 1.165) is 12.1 Å². The molecule has 5 nitrogen and oxygen atoms in total. The summed E-state index contributed by atoms with van der Waals surface area (Å²) in [7, 11) is 0. The molecule has 0 bridgehead atoms. The van der Waals surface area contributed by atoms with Gasteiger partial charge in [-0.1, -0.05) is 17.7 Å². The maximum Gasteiger partial charge on any atom is 0.359 e. The van der Waals surface area contributed by atoms with Crippen LogP contribution >= 0.6 is 11.6 Å². The number of aromatic nitrogens is 2. The zero-order valence-electron chi connectivity index (χ0n) is 12.5. The lowest BCUT2D eigenvalue weighted by atomic mass is 10.2. The van der Waals surface area contributed by atoms with Crippen molar-refractivity contribution in [1.82, 2.24) is 9.78 Å². The topological polar surface area (TPSA) is 70.1 Å². The minimum Gasteiger partial charge on any atom is -0.461 e. The number of nitrogens with zero attached hydrogens (tertiary/aromatic N) is 2. The van der Waals surface area contributed by atoms with Crippen LogP contribution in [0.25, 0.3) is 0 Å². The van der Waals surface area contributed by atoms with Gasteiger partial charge in [-0.25, -0.2) is 18.3 Å². The van der Waals surface area contributed by atoms with Gasteiger partial charge in [-0.2, -0.15) is 5.10 Å². The molecule has 124 valence electrons. The number of rotatable bonds is 6. The second-order valence-electron chi connectivity index (χ2n) is 4.73. The maximum absolute atomic E-state index is 13.8. The third kappa shape index (κ3) is 3.68. The number of carbonyl (C=O) groups is 1. The van der Waals surface area contributed by atoms with Crippen molar-refractivity contribution in [3.8, 4) is 0 Å². The number of benzene rings is 1. The van der Waals surface area contributed by atoms with Crippen molar-refractivity contribution in [3.63, 3.8) is 0 Å². The molecule has 1 heterocycles. The van der Waals surface area contributed by atoms with Crippen molar-refractivity contribution < 1.29 is 18.3 Å². The van der Waals surface area contributed by atoms with E-state index in [-0.39, 0.29) is 36.1 Å². The second kappa shape index (κ2) is 7.52. The molecule has 8 heteroatoms. The van der Waals surface area contributed by atoms with Gasteiger partial charge in [0.05, 0.1) is 13.2 Å². The Labute approximate surface area is 137 Å². The number of hydrogen-bond donors (Lipinski definition) is 1. The van der Waals surface area contributed by atoms with Crippen molar-refractivity contribution in [2.24, 2.45) is 5.73 Å². The summed E-state index contributed by atoms with van der Waals surface area (Å²) in [5, 5.41) is 4.16. The fourth-order valence-corrected chi connectivity index (χ4v) is 2.43. The molecule has 1 aromatic carbocycles. The molecule has 0 aliphatic heterocycles. The number of ether oxygens (including phenoxy) is 1. The number of carbonyl (C=O) groups excluding carboxylic acids is 1. The van der Waals surface area contributed by atoms with E-state index in [4.69, 9.17) is 22.1 Å². The summed E-state index contributed by atoms with van der Waals surface area (Å²) in [4.78, 5) is 11.9. The van der Waals surface area contributed by atoms with Crippen molar-refractivity contribution in [2.45, 2.75) is 19.9 Å². The molecule has 0 fully saturated rings. The molecule has 2 N–H and O–H groups in total. The van der Waals surface area contributed by atoms with Crippen LogP contribution < -0.4 is 5.73 Å². The monoisotopic (exact) mass is 343 g/mol. The molecule has 0 atom stereocenters. The first-order valence-electron chi connectivity index (χ1n) is 7.04. The van der Waals surface area contributed by atoms with Gasteiger partial charge in [0, 0.05) is 11.1 Å². The van der Waals surface area contributed by atoms with E-state index in [9.17, 15) is 13.6 Å². The molecule has 0 unspecified atom stereocenters. The van der Waals surface area contributed by atoms with Crippen molar-refractivity contribution in [1.29, 1.82) is 0 Å². The summed E-state index contributed by atoms with van der Waals surface area (Å²) in [6.45, 7) is 1.83. The number of hydrogen-bond acceptors (Lipinski definition) is 4. The summed E-state index contributed by atoms with van der Waals surface area (Å²) < 4.78 is 33.6. The zero-order valence-corrected chi connectivity index (χ0v) is 13.2. The van der Waals surface area contributed by atoms with Crippen LogP contribution in [0.15, 0.2) is 18.2 Å². The van der Waals surface area contributed by atoms with Crippen LogP contribution in [0.1, 0.15) is 28.5 Å². The van der Waals surface area contributed by atoms with E-state index in [1.165, 1.54) is 10.7 Å². The molecule has 0 radical (unpaired) electrons. The van der Waals surface area contributed by atoms with Gasteiger partial charge in [-0.05, 0) is 32.0 Å². The van der Waals surface area contributed by atoms with Gasteiger partial charge < -0.3 is 10.5 Å². The van der Waals surface area contributed by atoms with E-state index in [0.29, 0.717) is 12.0 Å². The Morgan fingerprint density at radius 2 is 2.00 bits per heavy atom. The number of halogens is 3. The molecule has 0 saturated heterocycles. The molecule has 0 amide bonds. The molecule has 23 heavy (non-hydrogen) atoms. The lowest BCUT2D eigenvalue weighted by Gasteiger charge is -2.06. The lowest BCUT2D eigenvalue weighted by molar-refractivity contribution is 0.0517. The first-order chi connectivity index (χ1) is 11.0. The van der Waals surface area contributed by atoms with Gasteiger partial charge in [0.1, 0.15) is 16.8 Å². The third-order valence-corrected chi connectivity index (χ3v) is 3.64. The van der Waals surface area contributed by atoms with E-state index in [2.05, 4.69) is 5.10 Å². The largest absolute Gasteiger partial charge is 0.461 e. The van der Waals surface area contributed by atoms with Crippen molar-refractivity contribution >= 4 is 17.6 Å². The van der Waals surface area contributed by atoms with Crippen LogP contribution in [0.2, 0.25) is 5.15 Å². The molecular formula is C15H16ClF2N3O2. The van der Waals surface area contributed by atoms with Crippen LogP contribution in [-0.2, 0) is 17.7 Å². The quantitative estimate of drug-likeness (QED) is 0.818. The van der Waals surface area contributed by atoms with Gasteiger partial charge in [-0.3, -0.25) is 0 Å². The number of esters is 1. The standard InChI is InChI=1S/C15H16ClF2N3O2/c1-2-23-15(22)13-9(6-7-19)14(16)21(20-13)8-10-11(17)4-3-5-12(10)18/h3-5H,2,6-8,19H2,1H3. The van der Waals surface area contributed by atoms with Crippen LogP contribution in [0.5, 0.6) is 0 Å². The highest BCUT2D eigenvalue weighted by Gasteiger charge is 2.23. The van der Waals surface area contributed by atoms with E-state index in [1.807, 2.05) is 0 Å². The van der Waals surface area contributed by atoms with Gasteiger partial charge >= 0.3 is 5.97 Å². The highest BCUT2D eigenvalue weighted by Crippen LogP contribution is 2.24. The Bertz CT molecular complexity index is 699. The Kier molecular flexibility index (Phi) is 5.68. The summed E-state index contributed by atoms with van der Waals surface area (Å²) in [5.74, 6) is -2.07. The van der Waals surface area contributed by atoms with Gasteiger partial charge in [0.25, 0.3) is 0 Å². The summed E-state index contributed by atoms with van der Waals surface area (Å²) in [6, 6.07) is 3.55. The van der Waals surface area contributed by atoms with Crippen LogP contribution in [0, 0.1) is 11.6 Å². The first-order valence-corrected chi connectivity index (χ1v) is 7.42. The summed E-state index contributed by atoms with van der Waals surface area (Å²) in [6.07, 6.45) is 0.298. The minimum atomic E-state index is -0.713. The molecule has 0 saturated carbocycles. The number of nitrogens with two attached hydrogens (primary N) is 1. The molecule has 2 aromatic rings. The maximum atomic E-state index is 13.8. The van der Waals surface area contributed by atoms with Gasteiger partial charge in [0.15, 0.2) is 5.69 Å². The van der Waals surface area contributed by atoms with E-state index >= 15 is 0 Å². The average Bonchev–Trinajstić information content (AvgIpc) is 2.81. The Hall–Kier alpha value is -1.99. The van der Waals surface area contributed by atoms with E-state index in [1.54, 1.807) is 6.92 Å². The minimum absolute atomic E-state index is 0.0130.